The Kier molecular flexibility index (Phi) is 12.5. The molecule has 0 saturated carbocycles. The van der Waals surface area contributed by atoms with Crippen molar-refractivity contribution in [1.82, 2.24) is 9.80 Å². The molecule has 3 aromatic carbocycles. The molecule has 1 saturated heterocycles. The highest BCUT2D eigenvalue weighted by atomic mass is 32.2. The first-order valence-corrected chi connectivity index (χ1v) is 15.7. The minimum absolute atomic E-state index is 0.171. The van der Waals surface area contributed by atoms with Gasteiger partial charge in [-0.3, -0.25) is 18.9 Å². The van der Waals surface area contributed by atoms with Crippen LogP contribution in [0.25, 0.3) is 11.1 Å². The third-order valence-electron chi connectivity index (χ3n) is 5.54. The highest BCUT2D eigenvalue weighted by Gasteiger charge is 2.17. The molecule has 2 N–H and O–H groups in total. The predicted octanol–water partition coefficient (Wildman–Crippen LogP) is 3.83. The average Bonchev–Trinajstić information content (AvgIpc) is 2.85. The summed E-state index contributed by atoms with van der Waals surface area (Å²) in [7, 11) is -5.64. The van der Waals surface area contributed by atoms with Gasteiger partial charge in [0.1, 0.15) is 11.6 Å². The first-order chi connectivity index (χ1) is 18.2. The molecular formula is C27H35FN2O7S2. The molecule has 1 heterocycles. The third-order valence-corrected chi connectivity index (χ3v) is 5.54. The van der Waals surface area contributed by atoms with E-state index in [2.05, 4.69) is 46.2 Å². The quantitative estimate of drug-likeness (QED) is 0.417. The summed E-state index contributed by atoms with van der Waals surface area (Å²) in [5.74, 6) is 0.707. The summed E-state index contributed by atoms with van der Waals surface area (Å²) in [5, 5.41) is 0. The van der Waals surface area contributed by atoms with E-state index in [9.17, 15) is 21.2 Å². The lowest BCUT2D eigenvalue weighted by atomic mass is 10.0. The highest BCUT2D eigenvalue weighted by Crippen LogP contribution is 2.24. The van der Waals surface area contributed by atoms with Crippen LogP contribution in [0.5, 0.6) is 5.75 Å². The molecule has 39 heavy (non-hydrogen) atoms. The van der Waals surface area contributed by atoms with Gasteiger partial charge in [-0.25, -0.2) is 4.39 Å². The van der Waals surface area contributed by atoms with Crippen LogP contribution in [-0.2, 0) is 33.3 Å². The summed E-state index contributed by atoms with van der Waals surface area (Å²) in [6.45, 7) is 6.03. The van der Waals surface area contributed by atoms with E-state index in [0.717, 1.165) is 45.0 Å². The zero-order valence-electron chi connectivity index (χ0n) is 22.2. The molecule has 12 heteroatoms. The summed E-state index contributed by atoms with van der Waals surface area (Å²) in [5.41, 5.74) is 4.95. The van der Waals surface area contributed by atoms with Gasteiger partial charge in [0.05, 0.1) is 19.6 Å². The van der Waals surface area contributed by atoms with E-state index < -0.39 is 20.2 Å². The van der Waals surface area contributed by atoms with Crippen LogP contribution in [0, 0.1) is 5.82 Å². The molecule has 0 unspecified atom stereocenters. The summed E-state index contributed by atoms with van der Waals surface area (Å²) < 4.78 is 70.1. The Labute approximate surface area is 230 Å². The van der Waals surface area contributed by atoms with Crippen LogP contribution in [0.1, 0.15) is 11.1 Å². The smallest absolute Gasteiger partial charge is 0.261 e. The minimum Gasteiger partial charge on any atom is -0.497 e. The van der Waals surface area contributed by atoms with E-state index in [1.54, 1.807) is 19.2 Å². The summed E-state index contributed by atoms with van der Waals surface area (Å²) in [6.07, 6.45) is 1.43. The molecule has 0 aromatic heterocycles. The monoisotopic (exact) mass is 582 g/mol. The Hall–Kier alpha value is -2.87. The number of methoxy groups -OCH3 is 1. The first-order valence-electron chi connectivity index (χ1n) is 12.0. The van der Waals surface area contributed by atoms with Crippen molar-refractivity contribution in [2.24, 2.45) is 0 Å². The molecule has 1 aliphatic rings. The third kappa shape index (κ3) is 14.7. The van der Waals surface area contributed by atoms with Gasteiger partial charge in [-0.1, -0.05) is 42.5 Å². The van der Waals surface area contributed by atoms with Gasteiger partial charge in [0.25, 0.3) is 20.2 Å². The standard InChI is InChI=1S/C25H27FN2O.2CH4O3S/c1-29-25-11-7-22(8-12-25)23-4-2-3-21(17-23)19-28-15-13-27(14-16-28)18-20-5-9-24(26)10-6-20;2*1-5(2,3)4/h2-12,17H,13-16,18-19H2,1H3;2*1H3,(H,2,3,4). The molecule has 0 radical (unpaired) electrons. The lowest BCUT2D eigenvalue weighted by Gasteiger charge is -2.34. The van der Waals surface area contributed by atoms with Gasteiger partial charge >= 0.3 is 0 Å². The predicted molar refractivity (Wildman–Crippen MR) is 150 cm³/mol. The molecule has 0 amide bonds. The van der Waals surface area contributed by atoms with Crippen molar-refractivity contribution in [3.05, 3.63) is 89.7 Å². The first kappa shape index (κ1) is 32.3. The zero-order chi connectivity index (χ0) is 29.1. The molecule has 1 aliphatic heterocycles. The summed E-state index contributed by atoms with van der Waals surface area (Å²) in [4.78, 5) is 4.95. The van der Waals surface area contributed by atoms with E-state index in [-0.39, 0.29) is 5.82 Å². The molecule has 0 spiro atoms. The number of hydrogen-bond acceptors (Lipinski definition) is 7. The number of nitrogens with zero attached hydrogens (tertiary/aromatic N) is 2. The van der Waals surface area contributed by atoms with E-state index in [0.29, 0.717) is 12.5 Å². The van der Waals surface area contributed by atoms with Crippen LogP contribution in [0.3, 0.4) is 0 Å². The fraction of sp³-hybridized carbons (Fsp3) is 0.333. The van der Waals surface area contributed by atoms with Gasteiger partial charge < -0.3 is 4.74 Å². The van der Waals surface area contributed by atoms with E-state index in [1.165, 1.54) is 22.3 Å². The van der Waals surface area contributed by atoms with Crippen molar-refractivity contribution >= 4 is 20.2 Å². The van der Waals surface area contributed by atoms with Crippen LogP contribution >= 0.6 is 0 Å². The van der Waals surface area contributed by atoms with Gasteiger partial charge in [0.2, 0.25) is 0 Å². The molecule has 0 atom stereocenters. The lowest BCUT2D eigenvalue weighted by molar-refractivity contribution is 0.122. The van der Waals surface area contributed by atoms with Crippen LogP contribution in [0.4, 0.5) is 4.39 Å². The zero-order valence-corrected chi connectivity index (χ0v) is 23.8. The second-order valence-corrected chi connectivity index (χ2v) is 12.0. The van der Waals surface area contributed by atoms with Crippen molar-refractivity contribution in [3.8, 4) is 16.9 Å². The summed E-state index contributed by atoms with van der Waals surface area (Å²) >= 11 is 0. The fourth-order valence-electron chi connectivity index (χ4n) is 3.84. The lowest BCUT2D eigenvalue weighted by Crippen LogP contribution is -2.45. The number of ether oxygens (including phenoxy) is 1. The molecule has 0 aliphatic carbocycles. The highest BCUT2D eigenvalue weighted by molar-refractivity contribution is 7.85. The van der Waals surface area contributed by atoms with Gasteiger partial charge in [-0.15, -0.1) is 0 Å². The molecule has 1 fully saturated rings. The van der Waals surface area contributed by atoms with E-state index in [4.69, 9.17) is 13.8 Å². The summed E-state index contributed by atoms with van der Waals surface area (Å²) in [6, 6.07) is 23.8. The number of halogens is 1. The van der Waals surface area contributed by atoms with Gasteiger partial charge in [0, 0.05) is 39.3 Å². The SMILES string of the molecule is COc1ccc(-c2cccc(CN3CCN(Cc4ccc(F)cc4)CC3)c2)cc1.CS(=O)(=O)O.CS(=O)(=O)O. The van der Waals surface area contributed by atoms with E-state index in [1.807, 2.05) is 24.3 Å². The number of rotatable bonds is 6. The van der Waals surface area contributed by atoms with Crippen LogP contribution in [0.2, 0.25) is 0 Å². The Balaban J connectivity index is 0.000000458. The maximum absolute atomic E-state index is 13.1. The number of piperazine rings is 1. The number of benzene rings is 3. The second-order valence-electron chi connectivity index (χ2n) is 9.07. The normalized spacial score (nSPS) is 14.4. The van der Waals surface area contributed by atoms with Crippen molar-refractivity contribution < 1.29 is 35.1 Å². The maximum Gasteiger partial charge on any atom is 0.261 e. The fourth-order valence-corrected chi connectivity index (χ4v) is 3.84. The molecule has 0 bridgehead atoms. The molecular weight excluding hydrogens is 547 g/mol. The molecule has 4 rings (SSSR count). The molecule has 214 valence electrons. The maximum atomic E-state index is 13.1. The van der Waals surface area contributed by atoms with Crippen LogP contribution < -0.4 is 4.74 Å². The van der Waals surface area contributed by atoms with E-state index >= 15 is 0 Å². The van der Waals surface area contributed by atoms with Crippen molar-refractivity contribution in [2.75, 3.05) is 45.8 Å². The van der Waals surface area contributed by atoms with Crippen LogP contribution in [0.15, 0.2) is 72.8 Å². The Bertz CT molecular complexity index is 1330. The molecule has 3 aromatic rings. The Morgan fingerprint density at radius 1 is 0.718 bits per heavy atom. The topological polar surface area (TPSA) is 124 Å². The van der Waals surface area contributed by atoms with Gasteiger partial charge in [-0.05, 0) is 52.6 Å². The average molecular weight is 583 g/mol. The van der Waals surface area contributed by atoms with Gasteiger partial charge in [-0.2, -0.15) is 16.8 Å². The van der Waals surface area contributed by atoms with Crippen LogP contribution in [-0.4, -0.2) is 81.5 Å². The van der Waals surface area contributed by atoms with Crippen molar-refractivity contribution in [1.29, 1.82) is 0 Å². The van der Waals surface area contributed by atoms with Crippen molar-refractivity contribution in [3.63, 3.8) is 0 Å². The van der Waals surface area contributed by atoms with Gasteiger partial charge in [0.15, 0.2) is 0 Å². The van der Waals surface area contributed by atoms with Crippen molar-refractivity contribution in [2.45, 2.75) is 13.1 Å². The molecule has 9 nitrogen and oxygen atoms in total. The number of hydrogen-bond donors (Lipinski definition) is 2. The Morgan fingerprint density at radius 2 is 1.18 bits per heavy atom. The minimum atomic E-state index is -3.67. The Morgan fingerprint density at radius 3 is 1.64 bits per heavy atom. The largest absolute Gasteiger partial charge is 0.497 e. The second kappa shape index (κ2) is 15.1.